The van der Waals surface area contributed by atoms with Gasteiger partial charge in [0.2, 0.25) is 17.8 Å². The van der Waals surface area contributed by atoms with Crippen LogP contribution in [0.2, 0.25) is 0 Å². The zero-order valence-electron chi connectivity index (χ0n) is 18.4. The van der Waals surface area contributed by atoms with Crippen molar-refractivity contribution in [3.8, 4) is 0 Å². The fraction of sp³-hybridized carbons (Fsp3) is 0.739. The molecule has 8 heteroatoms. The summed E-state index contributed by atoms with van der Waals surface area (Å²) in [5.41, 5.74) is 0. The molecule has 1 aliphatic carbocycles. The van der Waals surface area contributed by atoms with Crippen LogP contribution in [-0.4, -0.2) is 64.9 Å². The van der Waals surface area contributed by atoms with Gasteiger partial charge in [0.15, 0.2) is 0 Å². The lowest BCUT2D eigenvalue weighted by atomic mass is 9.72. The molecule has 5 rings (SSSR count). The van der Waals surface area contributed by atoms with Crippen LogP contribution in [0, 0.1) is 17.8 Å². The van der Waals surface area contributed by atoms with Gasteiger partial charge in [0.05, 0.1) is 6.04 Å². The molecule has 4 aliphatic rings. The van der Waals surface area contributed by atoms with Crippen LogP contribution >= 0.6 is 0 Å². The van der Waals surface area contributed by atoms with Crippen molar-refractivity contribution in [1.29, 1.82) is 0 Å². The molecule has 3 saturated heterocycles. The first-order valence-corrected chi connectivity index (χ1v) is 12.0. The van der Waals surface area contributed by atoms with Gasteiger partial charge in [-0.1, -0.05) is 6.42 Å². The maximum absolute atomic E-state index is 13.0. The van der Waals surface area contributed by atoms with E-state index in [1.807, 2.05) is 12.3 Å². The number of carbonyl (C=O) groups is 2. The van der Waals surface area contributed by atoms with E-state index in [-0.39, 0.29) is 29.8 Å². The molecule has 4 atom stereocenters. The van der Waals surface area contributed by atoms with Crippen LogP contribution in [0.4, 0.5) is 11.8 Å². The average molecular weight is 427 g/mol. The van der Waals surface area contributed by atoms with Gasteiger partial charge in [-0.25, -0.2) is 4.98 Å². The van der Waals surface area contributed by atoms with Gasteiger partial charge in [0, 0.05) is 50.8 Å². The highest BCUT2D eigenvalue weighted by Crippen LogP contribution is 2.42. The fourth-order valence-electron chi connectivity index (χ4n) is 6.00. The number of hydrogen-bond acceptors (Lipinski definition) is 6. The number of piperidine rings is 3. The minimum Gasteiger partial charge on any atom is -0.370 e. The zero-order valence-corrected chi connectivity index (χ0v) is 18.4. The van der Waals surface area contributed by atoms with Gasteiger partial charge in [0.1, 0.15) is 5.82 Å². The summed E-state index contributed by atoms with van der Waals surface area (Å²) >= 11 is 0. The topological polar surface area (TPSA) is 90.5 Å². The summed E-state index contributed by atoms with van der Waals surface area (Å²) < 4.78 is 0. The number of hydrogen-bond donors (Lipinski definition) is 2. The molecule has 1 aromatic rings. The average Bonchev–Trinajstić information content (AvgIpc) is 2.73. The Hall–Kier alpha value is -2.38. The molecule has 1 saturated carbocycles. The van der Waals surface area contributed by atoms with E-state index in [9.17, 15) is 9.59 Å². The fourth-order valence-corrected chi connectivity index (χ4v) is 6.00. The van der Waals surface area contributed by atoms with Gasteiger partial charge in [-0.15, -0.1) is 0 Å². The number of rotatable bonds is 6. The molecular formula is C23H34N6O2. The van der Waals surface area contributed by atoms with Crippen LogP contribution in [0.1, 0.15) is 51.9 Å². The Bertz CT molecular complexity index is 828. The highest BCUT2D eigenvalue weighted by atomic mass is 16.2. The highest BCUT2D eigenvalue weighted by molar-refractivity contribution is 5.80. The standard InChI is InChI=1S/C23H34N6O2/c1-2-24-20-9-10-25-23(27-20)28-13-16-11-17(14-28)19(12-26-22(31)15-5-3-6-15)29-18(16)7-4-8-21(29)30/h9-10,15-19H,2-8,11-14H2,1H3,(H,26,31)(H,24,25,27)/t16-,17+,18+,19+/m1/s1. The van der Waals surface area contributed by atoms with E-state index in [2.05, 4.69) is 32.3 Å². The lowest BCUT2D eigenvalue weighted by Crippen LogP contribution is -2.67. The van der Waals surface area contributed by atoms with Crippen LogP contribution in [-0.2, 0) is 9.59 Å². The summed E-state index contributed by atoms with van der Waals surface area (Å²) in [4.78, 5) is 39.2. The van der Waals surface area contributed by atoms with Gasteiger partial charge in [0.25, 0.3) is 0 Å². The molecule has 0 spiro atoms. The number of carbonyl (C=O) groups excluding carboxylic acids is 2. The Morgan fingerprint density at radius 1 is 1.19 bits per heavy atom. The Balaban J connectivity index is 1.36. The van der Waals surface area contributed by atoms with Crippen molar-refractivity contribution in [1.82, 2.24) is 20.2 Å². The van der Waals surface area contributed by atoms with Crippen molar-refractivity contribution in [2.24, 2.45) is 17.8 Å². The second-order valence-electron chi connectivity index (χ2n) is 9.63. The van der Waals surface area contributed by atoms with E-state index >= 15 is 0 Å². The maximum Gasteiger partial charge on any atom is 0.227 e. The number of anilines is 2. The van der Waals surface area contributed by atoms with Crippen LogP contribution in [0.25, 0.3) is 0 Å². The number of nitrogens with zero attached hydrogens (tertiary/aromatic N) is 4. The summed E-state index contributed by atoms with van der Waals surface area (Å²) in [5, 5.41) is 6.47. The third-order valence-corrected chi connectivity index (χ3v) is 7.74. The minimum atomic E-state index is 0.0674. The van der Waals surface area contributed by atoms with Crippen molar-refractivity contribution >= 4 is 23.6 Å². The lowest BCUT2D eigenvalue weighted by molar-refractivity contribution is -0.149. The van der Waals surface area contributed by atoms with Crippen LogP contribution < -0.4 is 15.5 Å². The molecule has 2 amide bonds. The molecule has 4 fully saturated rings. The van der Waals surface area contributed by atoms with Gasteiger partial charge in [-0.3, -0.25) is 9.59 Å². The predicted octanol–water partition coefficient (Wildman–Crippen LogP) is 2.03. The number of fused-ring (bicyclic) bond motifs is 4. The molecule has 1 aromatic heterocycles. The normalized spacial score (nSPS) is 30.4. The molecule has 0 unspecified atom stereocenters. The van der Waals surface area contributed by atoms with Crippen LogP contribution in [0.5, 0.6) is 0 Å². The Kier molecular flexibility index (Phi) is 5.71. The molecule has 168 valence electrons. The van der Waals surface area contributed by atoms with E-state index in [0.29, 0.717) is 24.8 Å². The number of aromatic nitrogens is 2. The van der Waals surface area contributed by atoms with E-state index in [0.717, 1.165) is 69.9 Å². The predicted molar refractivity (Wildman–Crippen MR) is 119 cm³/mol. The molecule has 2 N–H and O–H groups in total. The largest absolute Gasteiger partial charge is 0.370 e. The first-order chi connectivity index (χ1) is 15.1. The zero-order chi connectivity index (χ0) is 21.4. The first-order valence-electron chi connectivity index (χ1n) is 12.0. The molecule has 3 aliphatic heterocycles. The second kappa shape index (κ2) is 8.63. The Morgan fingerprint density at radius 3 is 2.81 bits per heavy atom. The van der Waals surface area contributed by atoms with E-state index < -0.39 is 0 Å². The molecule has 0 radical (unpaired) electrons. The molecule has 4 heterocycles. The van der Waals surface area contributed by atoms with Crippen LogP contribution in [0.3, 0.4) is 0 Å². The van der Waals surface area contributed by atoms with Crippen molar-refractivity contribution < 1.29 is 9.59 Å². The van der Waals surface area contributed by atoms with Crippen molar-refractivity contribution in [2.75, 3.05) is 36.4 Å². The maximum atomic E-state index is 13.0. The van der Waals surface area contributed by atoms with Crippen molar-refractivity contribution in [3.05, 3.63) is 12.3 Å². The van der Waals surface area contributed by atoms with Crippen molar-refractivity contribution in [3.63, 3.8) is 0 Å². The summed E-state index contributed by atoms with van der Waals surface area (Å²) in [6, 6.07) is 2.23. The van der Waals surface area contributed by atoms with E-state index in [1.165, 1.54) is 0 Å². The minimum absolute atomic E-state index is 0.0674. The monoisotopic (exact) mass is 426 g/mol. The van der Waals surface area contributed by atoms with Crippen LogP contribution in [0.15, 0.2) is 12.3 Å². The number of amides is 2. The molecule has 31 heavy (non-hydrogen) atoms. The summed E-state index contributed by atoms with van der Waals surface area (Å²) in [6.07, 6.45) is 8.75. The van der Waals surface area contributed by atoms with Gasteiger partial charge >= 0.3 is 0 Å². The molecule has 0 aromatic carbocycles. The smallest absolute Gasteiger partial charge is 0.227 e. The molecule has 8 nitrogen and oxygen atoms in total. The summed E-state index contributed by atoms with van der Waals surface area (Å²) in [7, 11) is 0. The Morgan fingerprint density at radius 2 is 2.03 bits per heavy atom. The van der Waals surface area contributed by atoms with Crippen molar-refractivity contribution in [2.45, 2.75) is 64.0 Å². The Labute approximate surface area is 184 Å². The summed E-state index contributed by atoms with van der Waals surface area (Å²) in [5.74, 6) is 2.99. The van der Waals surface area contributed by atoms with Gasteiger partial charge in [-0.2, -0.15) is 4.98 Å². The first kappa shape index (κ1) is 20.5. The summed E-state index contributed by atoms with van der Waals surface area (Å²) in [6.45, 7) is 5.17. The number of nitrogens with one attached hydrogen (secondary N) is 2. The van der Waals surface area contributed by atoms with Gasteiger partial charge in [-0.05, 0) is 56.9 Å². The molecule has 2 bridgehead atoms. The van der Waals surface area contributed by atoms with E-state index in [4.69, 9.17) is 4.98 Å². The highest BCUT2D eigenvalue weighted by Gasteiger charge is 2.49. The SMILES string of the molecule is CCNc1ccnc(N2C[C@H]3C[C@@H](C2)[C@H](CNC(=O)C2CCC2)N2C(=O)CCC[C@@H]32)n1. The third kappa shape index (κ3) is 3.96. The lowest BCUT2D eigenvalue weighted by Gasteiger charge is -2.56. The second-order valence-corrected chi connectivity index (χ2v) is 9.63. The van der Waals surface area contributed by atoms with Gasteiger partial charge < -0.3 is 20.4 Å². The third-order valence-electron chi connectivity index (χ3n) is 7.74. The molecular weight excluding hydrogens is 392 g/mol. The quantitative estimate of drug-likeness (QED) is 0.723. The van der Waals surface area contributed by atoms with E-state index in [1.54, 1.807) is 0 Å².